The minimum atomic E-state index is -4.74. The van der Waals surface area contributed by atoms with Gasteiger partial charge in [-0.3, -0.25) is 19.8 Å². The van der Waals surface area contributed by atoms with E-state index in [2.05, 4.69) is 20.5 Å². The summed E-state index contributed by atoms with van der Waals surface area (Å²) in [5.74, 6) is -1.13. The van der Waals surface area contributed by atoms with Crippen molar-refractivity contribution in [3.8, 4) is 0 Å². The van der Waals surface area contributed by atoms with Crippen LogP contribution in [0.15, 0.2) is 69.7 Å². The molecule has 9 nitrogen and oxygen atoms in total. The third kappa shape index (κ3) is 7.02. The highest BCUT2D eigenvalue weighted by atomic mass is 35.5. The molecule has 232 valence electrons. The van der Waals surface area contributed by atoms with Gasteiger partial charge in [-0.2, -0.15) is 31.4 Å². The standard InChI is InChI=1S/C26H18Cl2F7N7O2/c1-13(38-39-21-19(27)7-15(9-36-21)25(30,31)32)18-12-42(40(2)22-20(28)8-16(10-37-22)26(33,34)35)24(44)41(23(18)43)11-14-3-5-17(29)6-4-14/h3-10,12H,11H2,1-2H3,(H,36,39)/b38-13-. The number of aromatic nitrogens is 4. The molecule has 0 aliphatic rings. The predicted octanol–water partition coefficient (Wildman–Crippen LogP) is 6.07. The second-order valence-electron chi connectivity index (χ2n) is 9.10. The Morgan fingerprint density at radius 1 is 0.955 bits per heavy atom. The Hall–Kier alpha value is -4.44. The van der Waals surface area contributed by atoms with Crippen LogP contribution in [0.4, 0.5) is 42.4 Å². The monoisotopic (exact) mass is 663 g/mol. The van der Waals surface area contributed by atoms with Gasteiger partial charge in [0, 0.05) is 25.6 Å². The van der Waals surface area contributed by atoms with Gasteiger partial charge in [-0.1, -0.05) is 35.3 Å². The average Bonchev–Trinajstić information content (AvgIpc) is 2.94. The molecule has 0 radical (unpaired) electrons. The van der Waals surface area contributed by atoms with E-state index in [0.717, 1.165) is 32.6 Å². The number of anilines is 2. The van der Waals surface area contributed by atoms with Gasteiger partial charge in [-0.25, -0.2) is 23.8 Å². The molecular formula is C26H18Cl2F7N7O2. The smallest absolute Gasteiger partial charge is 0.268 e. The lowest BCUT2D eigenvalue weighted by Gasteiger charge is -2.23. The van der Waals surface area contributed by atoms with E-state index in [1.54, 1.807) is 0 Å². The zero-order chi connectivity index (χ0) is 32.6. The van der Waals surface area contributed by atoms with Crippen LogP contribution in [0.2, 0.25) is 10.0 Å². The second kappa shape index (κ2) is 12.3. The van der Waals surface area contributed by atoms with Crippen molar-refractivity contribution in [2.75, 3.05) is 17.5 Å². The summed E-state index contributed by atoms with van der Waals surface area (Å²) in [6.45, 7) is 0.961. The number of nitrogens with one attached hydrogen (secondary N) is 1. The Morgan fingerprint density at radius 3 is 2.07 bits per heavy atom. The molecule has 0 bridgehead atoms. The van der Waals surface area contributed by atoms with Crippen molar-refractivity contribution in [3.63, 3.8) is 0 Å². The maximum absolute atomic E-state index is 13.5. The Labute approximate surface area is 252 Å². The van der Waals surface area contributed by atoms with E-state index in [0.29, 0.717) is 30.1 Å². The number of hydrazone groups is 1. The SMILES string of the molecule is C/C(=N/Nc1ncc(C(F)(F)F)cc1Cl)c1cn(N(C)c2ncc(C(F)(F)F)cc2Cl)c(=O)n(Cc2ccc(F)cc2)c1=O. The topological polar surface area (TPSA) is 97.4 Å². The molecule has 4 aromatic rings. The summed E-state index contributed by atoms with van der Waals surface area (Å²) < 4.78 is 93.3. The minimum Gasteiger partial charge on any atom is -0.268 e. The Morgan fingerprint density at radius 2 is 1.52 bits per heavy atom. The second-order valence-corrected chi connectivity index (χ2v) is 9.91. The number of alkyl halides is 6. The van der Waals surface area contributed by atoms with E-state index in [1.165, 1.54) is 26.1 Å². The third-order valence-electron chi connectivity index (χ3n) is 6.07. The first-order valence-corrected chi connectivity index (χ1v) is 12.8. The molecule has 0 amide bonds. The Kier molecular flexibility index (Phi) is 9.06. The number of hydrogen-bond acceptors (Lipinski definition) is 7. The van der Waals surface area contributed by atoms with Gasteiger partial charge in [0.05, 0.1) is 39.0 Å². The molecule has 3 aromatic heterocycles. The molecule has 4 rings (SSSR count). The predicted molar refractivity (Wildman–Crippen MR) is 149 cm³/mol. The molecule has 0 saturated heterocycles. The summed E-state index contributed by atoms with van der Waals surface area (Å²) in [6.07, 6.45) is -7.40. The summed E-state index contributed by atoms with van der Waals surface area (Å²) in [4.78, 5) is 34.3. The number of rotatable bonds is 7. The van der Waals surface area contributed by atoms with E-state index >= 15 is 0 Å². The summed E-state index contributed by atoms with van der Waals surface area (Å²) >= 11 is 12.0. The van der Waals surface area contributed by atoms with Gasteiger partial charge in [0.1, 0.15) is 5.82 Å². The molecule has 0 atom stereocenters. The zero-order valence-electron chi connectivity index (χ0n) is 22.3. The molecule has 0 fully saturated rings. The van der Waals surface area contributed by atoms with Crippen molar-refractivity contribution < 1.29 is 30.7 Å². The highest BCUT2D eigenvalue weighted by molar-refractivity contribution is 6.33. The first-order chi connectivity index (χ1) is 20.5. The van der Waals surface area contributed by atoms with E-state index in [4.69, 9.17) is 23.2 Å². The molecular weight excluding hydrogens is 646 g/mol. The van der Waals surface area contributed by atoms with E-state index in [-0.39, 0.29) is 29.5 Å². The van der Waals surface area contributed by atoms with Crippen LogP contribution in [-0.4, -0.2) is 32.0 Å². The fourth-order valence-electron chi connectivity index (χ4n) is 3.76. The maximum atomic E-state index is 13.5. The van der Waals surface area contributed by atoms with Crippen molar-refractivity contribution >= 4 is 40.5 Å². The fourth-order valence-corrected chi connectivity index (χ4v) is 4.26. The summed E-state index contributed by atoms with van der Waals surface area (Å²) in [7, 11) is 1.25. The molecule has 0 aliphatic carbocycles. The molecule has 0 saturated carbocycles. The van der Waals surface area contributed by atoms with E-state index in [1.807, 2.05) is 0 Å². The minimum absolute atomic E-state index is 0.103. The molecule has 1 N–H and O–H groups in total. The largest absolute Gasteiger partial charge is 0.417 e. The van der Waals surface area contributed by atoms with Crippen molar-refractivity contribution in [2.45, 2.75) is 25.8 Å². The first kappa shape index (κ1) is 32.5. The van der Waals surface area contributed by atoms with Crippen molar-refractivity contribution in [2.24, 2.45) is 5.10 Å². The molecule has 3 heterocycles. The highest BCUT2D eigenvalue weighted by Crippen LogP contribution is 2.34. The number of benzene rings is 1. The van der Waals surface area contributed by atoms with Crippen LogP contribution in [-0.2, 0) is 18.9 Å². The van der Waals surface area contributed by atoms with Gasteiger partial charge in [0.2, 0.25) is 0 Å². The number of hydrogen-bond donors (Lipinski definition) is 1. The lowest BCUT2D eigenvalue weighted by molar-refractivity contribution is -0.138. The summed E-state index contributed by atoms with van der Waals surface area (Å²) in [5.41, 5.74) is -1.74. The van der Waals surface area contributed by atoms with Crippen LogP contribution in [0.3, 0.4) is 0 Å². The summed E-state index contributed by atoms with van der Waals surface area (Å²) in [6, 6.07) is 6.11. The van der Waals surface area contributed by atoms with Gasteiger partial charge in [-0.15, -0.1) is 0 Å². The molecule has 18 heteroatoms. The fraction of sp³-hybridized carbons (Fsp3) is 0.192. The normalized spacial score (nSPS) is 12.4. The molecule has 1 aromatic carbocycles. The Bertz CT molecular complexity index is 1850. The van der Waals surface area contributed by atoms with E-state index in [9.17, 15) is 40.3 Å². The quantitative estimate of drug-likeness (QED) is 0.147. The number of nitrogens with zero attached hydrogens (tertiary/aromatic N) is 6. The van der Waals surface area contributed by atoms with Gasteiger partial charge >= 0.3 is 18.0 Å². The van der Waals surface area contributed by atoms with Gasteiger partial charge < -0.3 is 0 Å². The molecule has 0 unspecified atom stereocenters. The highest BCUT2D eigenvalue weighted by Gasteiger charge is 2.33. The van der Waals surface area contributed by atoms with Crippen LogP contribution in [0.1, 0.15) is 29.2 Å². The van der Waals surface area contributed by atoms with Crippen molar-refractivity contribution in [3.05, 3.63) is 114 Å². The summed E-state index contributed by atoms with van der Waals surface area (Å²) in [5, 5.41) is 4.06. The number of halogens is 9. The van der Waals surface area contributed by atoms with Crippen LogP contribution in [0.5, 0.6) is 0 Å². The third-order valence-corrected chi connectivity index (χ3v) is 6.64. The van der Waals surface area contributed by atoms with Gasteiger partial charge in [0.15, 0.2) is 11.6 Å². The number of pyridine rings is 2. The van der Waals surface area contributed by atoms with Crippen molar-refractivity contribution in [1.82, 2.24) is 19.2 Å². The van der Waals surface area contributed by atoms with Crippen LogP contribution >= 0.6 is 23.2 Å². The zero-order valence-corrected chi connectivity index (χ0v) is 23.8. The van der Waals surface area contributed by atoms with Gasteiger partial charge in [-0.05, 0) is 36.8 Å². The molecule has 0 spiro atoms. The maximum Gasteiger partial charge on any atom is 0.417 e. The average molecular weight is 664 g/mol. The van der Waals surface area contributed by atoms with E-state index < -0.39 is 50.6 Å². The Balaban J connectivity index is 1.81. The van der Waals surface area contributed by atoms with Crippen LogP contribution < -0.4 is 21.7 Å². The van der Waals surface area contributed by atoms with Crippen LogP contribution in [0, 0.1) is 5.82 Å². The lowest BCUT2D eigenvalue weighted by Crippen LogP contribution is -2.48. The van der Waals surface area contributed by atoms with Gasteiger partial charge in [0.25, 0.3) is 5.56 Å². The van der Waals surface area contributed by atoms with Crippen molar-refractivity contribution in [1.29, 1.82) is 0 Å². The van der Waals surface area contributed by atoms with Crippen LogP contribution in [0.25, 0.3) is 0 Å². The molecule has 44 heavy (non-hydrogen) atoms. The first-order valence-electron chi connectivity index (χ1n) is 12.1. The molecule has 0 aliphatic heterocycles. The lowest BCUT2D eigenvalue weighted by atomic mass is 10.2.